The molecule has 4 aromatic carbocycles. The van der Waals surface area contributed by atoms with Gasteiger partial charge in [-0.3, -0.25) is 0 Å². The van der Waals surface area contributed by atoms with Crippen LogP contribution in [0.3, 0.4) is 0 Å². The number of nitrogen functional groups attached to an aromatic ring is 1. The summed E-state index contributed by atoms with van der Waals surface area (Å²) in [5.74, 6) is 2.85. The van der Waals surface area contributed by atoms with E-state index in [1.807, 2.05) is 72.8 Å². The Morgan fingerprint density at radius 3 is 2.21 bits per heavy atom. The van der Waals surface area contributed by atoms with Crippen molar-refractivity contribution in [2.45, 2.75) is 0 Å². The van der Waals surface area contributed by atoms with E-state index in [4.69, 9.17) is 31.5 Å². The number of methoxy groups -OCH3 is 2. The third kappa shape index (κ3) is 3.80. The highest BCUT2D eigenvalue weighted by Crippen LogP contribution is 2.42. The normalized spacial score (nSPS) is 10.7. The van der Waals surface area contributed by atoms with Crippen LogP contribution in [0.15, 0.2) is 72.8 Å². The Hall–Kier alpha value is -3.37. The third-order valence-corrected chi connectivity index (χ3v) is 5.04. The Kier molecular flexibility index (Phi) is 5.19. The fraction of sp³-hybridized carbons (Fsp3) is 0.0833. The summed E-state index contributed by atoms with van der Waals surface area (Å²) < 4.78 is 17.0. The number of hydrogen-bond acceptors (Lipinski definition) is 4. The highest BCUT2D eigenvalue weighted by atomic mass is 35.5. The average molecular weight is 406 g/mol. The Morgan fingerprint density at radius 1 is 0.759 bits per heavy atom. The summed E-state index contributed by atoms with van der Waals surface area (Å²) >= 11 is 6.37. The number of rotatable bonds is 5. The lowest BCUT2D eigenvalue weighted by molar-refractivity contribution is 0.415. The molecule has 4 aromatic rings. The summed E-state index contributed by atoms with van der Waals surface area (Å²) in [5.41, 5.74) is 8.34. The van der Waals surface area contributed by atoms with Gasteiger partial charge in [-0.25, -0.2) is 0 Å². The predicted octanol–water partition coefficient (Wildman–Crippen LogP) is 6.55. The van der Waals surface area contributed by atoms with E-state index >= 15 is 0 Å². The van der Waals surface area contributed by atoms with Gasteiger partial charge in [-0.1, -0.05) is 23.7 Å². The second-order valence-corrected chi connectivity index (χ2v) is 6.96. The molecule has 0 bridgehead atoms. The van der Waals surface area contributed by atoms with E-state index in [-0.39, 0.29) is 0 Å². The molecule has 146 valence electrons. The van der Waals surface area contributed by atoms with Crippen LogP contribution in [0, 0.1) is 0 Å². The number of halogens is 1. The van der Waals surface area contributed by atoms with Crippen LogP contribution in [0.2, 0.25) is 5.02 Å². The zero-order chi connectivity index (χ0) is 20.4. The first-order chi connectivity index (χ1) is 14.1. The van der Waals surface area contributed by atoms with Crippen LogP contribution < -0.4 is 19.9 Å². The largest absolute Gasteiger partial charge is 0.497 e. The van der Waals surface area contributed by atoms with Crippen LogP contribution in [0.25, 0.3) is 21.9 Å². The highest BCUT2D eigenvalue weighted by Gasteiger charge is 2.14. The monoisotopic (exact) mass is 405 g/mol. The van der Waals surface area contributed by atoms with E-state index in [9.17, 15) is 0 Å². The van der Waals surface area contributed by atoms with E-state index in [0.29, 0.717) is 22.2 Å². The average Bonchev–Trinajstić information content (AvgIpc) is 2.75. The fourth-order valence-corrected chi connectivity index (χ4v) is 3.49. The maximum atomic E-state index is 6.37. The van der Waals surface area contributed by atoms with Gasteiger partial charge in [0.2, 0.25) is 0 Å². The molecule has 0 aliphatic carbocycles. The van der Waals surface area contributed by atoms with Gasteiger partial charge in [0.15, 0.2) is 0 Å². The molecule has 0 saturated carbocycles. The lowest BCUT2D eigenvalue weighted by atomic mass is 9.99. The van der Waals surface area contributed by atoms with Crippen LogP contribution in [0.4, 0.5) is 5.69 Å². The maximum absolute atomic E-state index is 6.37. The lowest BCUT2D eigenvalue weighted by Crippen LogP contribution is -1.93. The Balaban J connectivity index is 1.90. The molecule has 0 aliphatic heterocycles. The van der Waals surface area contributed by atoms with Crippen molar-refractivity contribution in [3.8, 4) is 34.1 Å². The van der Waals surface area contributed by atoms with E-state index in [1.165, 1.54) is 0 Å². The zero-order valence-corrected chi connectivity index (χ0v) is 16.9. The minimum Gasteiger partial charge on any atom is -0.497 e. The molecule has 0 fully saturated rings. The molecule has 0 atom stereocenters. The van der Waals surface area contributed by atoms with Gasteiger partial charge >= 0.3 is 0 Å². The van der Waals surface area contributed by atoms with Gasteiger partial charge in [0.1, 0.15) is 23.0 Å². The third-order valence-electron chi connectivity index (χ3n) is 4.74. The minimum absolute atomic E-state index is 0.540. The van der Waals surface area contributed by atoms with Gasteiger partial charge in [0, 0.05) is 16.6 Å². The van der Waals surface area contributed by atoms with Crippen molar-refractivity contribution in [1.29, 1.82) is 0 Å². The van der Waals surface area contributed by atoms with Crippen molar-refractivity contribution in [3.63, 3.8) is 0 Å². The summed E-state index contributed by atoms with van der Waals surface area (Å²) in [6.07, 6.45) is 0. The molecule has 0 aliphatic rings. The van der Waals surface area contributed by atoms with Gasteiger partial charge in [-0.05, 0) is 71.6 Å². The van der Waals surface area contributed by atoms with Crippen molar-refractivity contribution < 1.29 is 14.2 Å². The summed E-state index contributed by atoms with van der Waals surface area (Å²) in [6.45, 7) is 0. The van der Waals surface area contributed by atoms with Crippen LogP contribution in [0.5, 0.6) is 23.0 Å². The van der Waals surface area contributed by atoms with E-state index in [1.54, 1.807) is 14.2 Å². The standard InChI is InChI=1S/C24H20ClNO3/c1-27-19-9-11-21-15(13-19)3-10-20(16-4-12-23(28-2)22(25)14-16)24(21)29-18-7-5-17(26)6-8-18/h3-14H,26H2,1-2H3. The van der Waals surface area contributed by atoms with Crippen LogP contribution in [-0.2, 0) is 0 Å². The van der Waals surface area contributed by atoms with Crippen molar-refractivity contribution in [2.75, 3.05) is 20.0 Å². The molecule has 0 radical (unpaired) electrons. The Morgan fingerprint density at radius 2 is 1.52 bits per heavy atom. The Labute approximate surface area is 174 Å². The predicted molar refractivity (Wildman–Crippen MR) is 118 cm³/mol. The molecule has 5 heteroatoms. The van der Waals surface area contributed by atoms with Crippen molar-refractivity contribution in [3.05, 3.63) is 77.8 Å². The smallest absolute Gasteiger partial charge is 0.143 e. The van der Waals surface area contributed by atoms with Gasteiger partial charge in [-0.2, -0.15) is 0 Å². The Bertz CT molecular complexity index is 1170. The molecule has 0 spiro atoms. The minimum atomic E-state index is 0.540. The van der Waals surface area contributed by atoms with Gasteiger partial charge < -0.3 is 19.9 Å². The molecular weight excluding hydrogens is 386 g/mol. The van der Waals surface area contributed by atoms with Gasteiger partial charge in [-0.15, -0.1) is 0 Å². The molecule has 4 nitrogen and oxygen atoms in total. The molecule has 0 aromatic heterocycles. The second kappa shape index (κ2) is 7.94. The number of nitrogens with two attached hydrogens (primary N) is 1. The summed E-state index contributed by atoms with van der Waals surface area (Å²) in [5, 5.41) is 2.52. The molecule has 0 amide bonds. The van der Waals surface area contributed by atoms with E-state index in [0.717, 1.165) is 33.4 Å². The van der Waals surface area contributed by atoms with Crippen LogP contribution in [0.1, 0.15) is 0 Å². The summed E-state index contributed by atoms with van der Waals surface area (Å²) in [7, 11) is 3.25. The van der Waals surface area contributed by atoms with Crippen LogP contribution in [-0.4, -0.2) is 14.2 Å². The molecule has 0 saturated heterocycles. The van der Waals surface area contributed by atoms with E-state index < -0.39 is 0 Å². The number of ether oxygens (including phenoxy) is 3. The molecule has 4 rings (SSSR count). The van der Waals surface area contributed by atoms with Crippen molar-refractivity contribution in [2.24, 2.45) is 0 Å². The molecule has 0 unspecified atom stereocenters. The summed E-state index contributed by atoms with van der Waals surface area (Å²) in [4.78, 5) is 0. The van der Waals surface area contributed by atoms with Crippen LogP contribution >= 0.6 is 11.6 Å². The zero-order valence-electron chi connectivity index (χ0n) is 16.1. The quantitative estimate of drug-likeness (QED) is 0.382. The molecule has 29 heavy (non-hydrogen) atoms. The number of hydrogen-bond donors (Lipinski definition) is 1. The number of fused-ring (bicyclic) bond motifs is 1. The van der Waals surface area contributed by atoms with Crippen molar-refractivity contribution in [1.82, 2.24) is 0 Å². The second-order valence-electron chi connectivity index (χ2n) is 6.55. The SMILES string of the molecule is COc1ccc2c(Oc3ccc(N)cc3)c(-c3ccc(OC)c(Cl)c3)ccc2c1. The first-order valence-corrected chi connectivity index (χ1v) is 9.45. The first kappa shape index (κ1) is 19.0. The lowest BCUT2D eigenvalue weighted by Gasteiger charge is -2.16. The fourth-order valence-electron chi connectivity index (χ4n) is 3.23. The van der Waals surface area contributed by atoms with Gasteiger partial charge in [0.05, 0.1) is 19.2 Å². The van der Waals surface area contributed by atoms with Crippen molar-refractivity contribution >= 4 is 28.1 Å². The van der Waals surface area contributed by atoms with Gasteiger partial charge in [0.25, 0.3) is 0 Å². The first-order valence-electron chi connectivity index (χ1n) is 9.07. The highest BCUT2D eigenvalue weighted by molar-refractivity contribution is 6.32. The van der Waals surface area contributed by atoms with E-state index in [2.05, 4.69) is 0 Å². The molecular formula is C24H20ClNO3. The topological polar surface area (TPSA) is 53.7 Å². The number of anilines is 1. The maximum Gasteiger partial charge on any atom is 0.143 e. The number of benzene rings is 4. The summed E-state index contributed by atoms with van der Waals surface area (Å²) in [6, 6.07) is 23.0. The molecule has 0 heterocycles. The molecule has 2 N–H and O–H groups in total.